The standard InChI is InChI=1S/C27H30N6O/c1-31(2)23-10-8-20(9-11-23)19-29-27(34)22-12-15-32(16-13-22)26-25-18-24(21-6-4-3-5-7-21)30-33(25)17-14-28-26/h3-11,14,17-18,22H,12-13,15-16,19H2,1-2H3,(H,29,34). The predicted molar refractivity (Wildman–Crippen MR) is 136 cm³/mol. The van der Waals surface area contributed by atoms with Crippen molar-refractivity contribution >= 4 is 22.9 Å². The van der Waals surface area contributed by atoms with E-state index in [0.29, 0.717) is 6.54 Å². The van der Waals surface area contributed by atoms with Crippen LogP contribution in [0.2, 0.25) is 0 Å². The van der Waals surface area contributed by atoms with Gasteiger partial charge in [-0.1, -0.05) is 42.5 Å². The highest BCUT2D eigenvalue weighted by molar-refractivity contribution is 5.79. The zero-order chi connectivity index (χ0) is 23.5. The molecule has 1 fully saturated rings. The monoisotopic (exact) mass is 454 g/mol. The van der Waals surface area contributed by atoms with Gasteiger partial charge in [0.15, 0.2) is 5.82 Å². The zero-order valence-electron chi connectivity index (χ0n) is 19.7. The molecule has 174 valence electrons. The maximum Gasteiger partial charge on any atom is 0.223 e. The normalized spacial score (nSPS) is 14.4. The van der Waals surface area contributed by atoms with Gasteiger partial charge in [-0.15, -0.1) is 0 Å². The van der Waals surface area contributed by atoms with E-state index in [9.17, 15) is 4.79 Å². The van der Waals surface area contributed by atoms with Gasteiger partial charge in [-0.3, -0.25) is 4.79 Å². The number of piperidine rings is 1. The molecule has 34 heavy (non-hydrogen) atoms. The van der Waals surface area contributed by atoms with E-state index in [1.807, 2.05) is 43.0 Å². The minimum atomic E-state index is 0.0295. The average molecular weight is 455 g/mol. The lowest BCUT2D eigenvalue weighted by Crippen LogP contribution is -2.40. The first-order valence-electron chi connectivity index (χ1n) is 11.8. The zero-order valence-corrected chi connectivity index (χ0v) is 19.7. The van der Waals surface area contributed by atoms with Gasteiger partial charge in [0.1, 0.15) is 5.52 Å². The number of amides is 1. The molecule has 2 aromatic heterocycles. The van der Waals surface area contributed by atoms with Crippen LogP contribution in [-0.4, -0.2) is 47.7 Å². The van der Waals surface area contributed by atoms with E-state index in [1.54, 1.807) is 6.20 Å². The Morgan fingerprint density at radius 3 is 2.50 bits per heavy atom. The number of carbonyl (C=O) groups excluding carboxylic acids is 1. The van der Waals surface area contributed by atoms with Gasteiger partial charge in [0.25, 0.3) is 0 Å². The molecule has 1 N–H and O–H groups in total. The van der Waals surface area contributed by atoms with Crippen molar-refractivity contribution < 1.29 is 4.79 Å². The highest BCUT2D eigenvalue weighted by Gasteiger charge is 2.26. The number of aromatic nitrogens is 3. The van der Waals surface area contributed by atoms with Crippen molar-refractivity contribution in [3.05, 3.63) is 78.6 Å². The van der Waals surface area contributed by atoms with Gasteiger partial charge < -0.3 is 15.1 Å². The first-order chi connectivity index (χ1) is 16.6. The Hall–Kier alpha value is -3.87. The summed E-state index contributed by atoms with van der Waals surface area (Å²) < 4.78 is 1.89. The largest absolute Gasteiger partial charge is 0.378 e. The molecule has 5 rings (SSSR count). The van der Waals surface area contributed by atoms with Crippen molar-refractivity contribution in [2.75, 3.05) is 37.0 Å². The minimum absolute atomic E-state index is 0.0295. The van der Waals surface area contributed by atoms with Crippen molar-refractivity contribution in [3.63, 3.8) is 0 Å². The second-order valence-electron chi connectivity index (χ2n) is 9.02. The van der Waals surface area contributed by atoms with Crippen LogP contribution in [0.15, 0.2) is 73.1 Å². The number of anilines is 2. The van der Waals surface area contributed by atoms with Gasteiger partial charge in [0.2, 0.25) is 5.91 Å². The van der Waals surface area contributed by atoms with Gasteiger partial charge in [-0.25, -0.2) is 9.50 Å². The van der Waals surface area contributed by atoms with E-state index in [4.69, 9.17) is 5.10 Å². The fraction of sp³-hybridized carbons (Fsp3) is 0.296. The summed E-state index contributed by atoms with van der Waals surface area (Å²) >= 11 is 0. The molecular formula is C27H30N6O. The lowest BCUT2D eigenvalue weighted by Gasteiger charge is -2.32. The molecule has 0 bridgehead atoms. The molecule has 7 heteroatoms. The van der Waals surface area contributed by atoms with Crippen LogP contribution in [0.25, 0.3) is 16.8 Å². The van der Waals surface area contributed by atoms with E-state index >= 15 is 0 Å². The lowest BCUT2D eigenvalue weighted by molar-refractivity contribution is -0.125. The Balaban J connectivity index is 1.21. The molecule has 7 nitrogen and oxygen atoms in total. The van der Waals surface area contributed by atoms with Crippen LogP contribution in [0.1, 0.15) is 18.4 Å². The van der Waals surface area contributed by atoms with Crippen LogP contribution >= 0.6 is 0 Å². The van der Waals surface area contributed by atoms with Crippen LogP contribution in [0.3, 0.4) is 0 Å². The molecule has 1 aliphatic rings. The molecule has 0 radical (unpaired) electrons. The Bertz CT molecular complexity index is 1260. The second-order valence-corrected chi connectivity index (χ2v) is 9.02. The molecule has 0 aliphatic carbocycles. The van der Waals surface area contributed by atoms with Gasteiger partial charge >= 0.3 is 0 Å². The third-order valence-corrected chi connectivity index (χ3v) is 6.52. The van der Waals surface area contributed by atoms with E-state index in [2.05, 4.69) is 62.6 Å². The van der Waals surface area contributed by atoms with Gasteiger partial charge in [-0.2, -0.15) is 5.10 Å². The molecule has 1 saturated heterocycles. The number of nitrogens with zero attached hydrogens (tertiary/aromatic N) is 5. The average Bonchev–Trinajstić information content (AvgIpc) is 3.33. The van der Waals surface area contributed by atoms with E-state index < -0.39 is 0 Å². The molecule has 1 amide bonds. The topological polar surface area (TPSA) is 65.8 Å². The quantitative estimate of drug-likeness (QED) is 0.477. The van der Waals surface area contributed by atoms with Gasteiger partial charge in [-0.05, 0) is 36.6 Å². The first-order valence-corrected chi connectivity index (χ1v) is 11.8. The summed E-state index contributed by atoms with van der Waals surface area (Å²) in [5, 5.41) is 7.86. The molecule has 0 spiro atoms. The Morgan fingerprint density at radius 2 is 1.79 bits per heavy atom. The minimum Gasteiger partial charge on any atom is -0.378 e. The summed E-state index contributed by atoms with van der Waals surface area (Å²) in [6, 6.07) is 20.6. The van der Waals surface area contributed by atoms with E-state index in [0.717, 1.165) is 59.8 Å². The summed E-state index contributed by atoms with van der Waals surface area (Å²) in [6.45, 7) is 2.16. The lowest BCUT2D eigenvalue weighted by atomic mass is 9.95. The van der Waals surface area contributed by atoms with Crippen LogP contribution in [0, 0.1) is 5.92 Å². The van der Waals surface area contributed by atoms with Crippen molar-refractivity contribution in [2.24, 2.45) is 5.92 Å². The van der Waals surface area contributed by atoms with Crippen molar-refractivity contribution in [2.45, 2.75) is 19.4 Å². The SMILES string of the molecule is CN(C)c1ccc(CNC(=O)C2CCN(c3nccn4nc(-c5ccccc5)cc34)CC2)cc1. The molecule has 0 unspecified atom stereocenters. The summed E-state index contributed by atoms with van der Waals surface area (Å²) in [5.41, 5.74) is 5.28. The molecule has 2 aromatic carbocycles. The third kappa shape index (κ3) is 4.59. The van der Waals surface area contributed by atoms with Crippen molar-refractivity contribution in [1.29, 1.82) is 0 Å². The van der Waals surface area contributed by atoms with E-state index in [-0.39, 0.29) is 11.8 Å². The Labute approximate surface area is 200 Å². The molecule has 1 aliphatic heterocycles. The predicted octanol–water partition coefficient (Wildman–Crippen LogP) is 4.00. The first kappa shape index (κ1) is 21.9. The Kier molecular flexibility index (Phi) is 6.16. The van der Waals surface area contributed by atoms with E-state index in [1.165, 1.54) is 0 Å². The molecule has 0 atom stereocenters. The maximum absolute atomic E-state index is 12.8. The number of hydrogen-bond donors (Lipinski definition) is 1. The summed E-state index contributed by atoms with van der Waals surface area (Å²) in [7, 11) is 4.04. The fourth-order valence-corrected chi connectivity index (χ4v) is 4.50. The van der Waals surface area contributed by atoms with Gasteiger partial charge in [0, 0.05) is 63.3 Å². The van der Waals surface area contributed by atoms with Crippen LogP contribution in [0.4, 0.5) is 11.5 Å². The highest BCUT2D eigenvalue weighted by atomic mass is 16.1. The summed E-state index contributed by atoms with van der Waals surface area (Å²) in [4.78, 5) is 21.8. The van der Waals surface area contributed by atoms with Crippen LogP contribution in [0.5, 0.6) is 0 Å². The number of nitrogens with one attached hydrogen (secondary N) is 1. The fourth-order valence-electron chi connectivity index (χ4n) is 4.50. The summed E-state index contributed by atoms with van der Waals surface area (Å²) in [6.07, 6.45) is 5.31. The van der Waals surface area contributed by atoms with Crippen LogP contribution < -0.4 is 15.1 Å². The third-order valence-electron chi connectivity index (χ3n) is 6.52. The van der Waals surface area contributed by atoms with Crippen molar-refractivity contribution in [3.8, 4) is 11.3 Å². The molecule has 4 aromatic rings. The van der Waals surface area contributed by atoms with Crippen molar-refractivity contribution in [1.82, 2.24) is 19.9 Å². The molecule has 3 heterocycles. The number of fused-ring (bicyclic) bond motifs is 1. The summed E-state index contributed by atoms with van der Waals surface area (Å²) in [5.74, 6) is 1.09. The van der Waals surface area contributed by atoms with Gasteiger partial charge in [0.05, 0.1) is 5.69 Å². The molecular weight excluding hydrogens is 424 g/mol. The second kappa shape index (κ2) is 9.55. The number of carbonyl (C=O) groups is 1. The molecule has 0 saturated carbocycles. The number of hydrogen-bond acceptors (Lipinski definition) is 5. The number of rotatable bonds is 6. The Morgan fingerprint density at radius 1 is 1.06 bits per heavy atom. The number of benzene rings is 2. The maximum atomic E-state index is 12.8. The van der Waals surface area contributed by atoms with Crippen LogP contribution in [-0.2, 0) is 11.3 Å². The smallest absolute Gasteiger partial charge is 0.223 e. The highest BCUT2D eigenvalue weighted by Crippen LogP contribution is 2.28.